The van der Waals surface area contributed by atoms with Gasteiger partial charge in [-0.15, -0.1) is 12.4 Å². The molecule has 0 amide bonds. The van der Waals surface area contributed by atoms with Gasteiger partial charge < -0.3 is 10.3 Å². The number of aromatic nitrogens is 2. The Kier molecular flexibility index (Phi) is 3.21. The fourth-order valence-electron chi connectivity index (χ4n) is 2.74. The average molecular weight is 258 g/mol. The second kappa shape index (κ2) is 4.25. The Bertz CT molecular complexity index is 391. The first-order chi connectivity index (χ1) is 7.69. The molecule has 5 heteroatoms. The zero-order valence-corrected chi connectivity index (χ0v) is 11.1. The SMILES string of the molecule is CCC1(c2nc(C3(N)CCC3)no2)CCC1.Cl. The quantitative estimate of drug-likeness (QED) is 0.904. The summed E-state index contributed by atoms with van der Waals surface area (Å²) in [5.74, 6) is 1.56. The van der Waals surface area contributed by atoms with Crippen molar-refractivity contribution in [1.82, 2.24) is 10.1 Å². The summed E-state index contributed by atoms with van der Waals surface area (Å²) in [7, 11) is 0. The van der Waals surface area contributed by atoms with Gasteiger partial charge in [0.1, 0.15) is 0 Å². The van der Waals surface area contributed by atoms with Crippen LogP contribution >= 0.6 is 12.4 Å². The molecule has 1 aromatic rings. The van der Waals surface area contributed by atoms with E-state index in [1.807, 2.05) is 0 Å². The van der Waals surface area contributed by atoms with Gasteiger partial charge in [-0.25, -0.2) is 0 Å². The number of nitrogens with two attached hydrogens (primary N) is 1. The van der Waals surface area contributed by atoms with E-state index < -0.39 is 0 Å². The molecular weight excluding hydrogens is 238 g/mol. The van der Waals surface area contributed by atoms with Crippen molar-refractivity contribution in [3.8, 4) is 0 Å². The molecule has 0 unspecified atom stereocenters. The molecule has 0 aromatic carbocycles. The fourth-order valence-corrected chi connectivity index (χ4v) is 2.74. The van der Waals surface area contributed by atoms with Gasteiger partial charge in [-0.05, 0) is 38.5 Å². The van der Waals surface area contributed by atoms with E-state index in [0.29, 0.717) is 0 Å². The van der Waals surface area contributed by atoms with Crippen LogP contribution in [-0.4, -0.2) is 10.1 Å². The van der Waals surface area contributed by atoms with Crippen LogP contribution in [-0.2, 0) is 11.0 Å². The van der Waals surface area contributed by atoms with Crippen LogP contribution in [0.3, 0.4) is 0 Å². The Morgan fingerprint density at radius 1 is 1.24 bits per heavy atom. The lowest BCUT2D eigenvalue weighted by molar-refractivity contribution is 0.167. The van der Waals surface area contributed by atoms with Crippen molar-refractivity contribution in [3.63, 3.8) is 0 Å². The van der Waals surface area contributed by atoms with E-state index in [4.69, 9.17) is 10.3 Å². The number of hydrogen-bond donors (Lipinski definition) is 1. The lowest BCUT2D eigenvalue weighted by Crippen LogP contribution is -2.44. The highest BCUT2D eigenvalue weighted by atomic mass is 35.5. The molecule has 96 valence electrons. The van der Waals surface area contributed by atoms with Crippen LogP contribution < -0.4 is 5.73 Å². The van der Waals surface area contributed by atoms with Gasteiger partial charge in [-0.3, -0.25) is 0 Å². The van der Waals surface area contributed by atoms with Crippen LogP contribution in [0.25, 0.3) is 0 Å². The van der Waals surface area contributed by atoms with Gasteiger partial charge >= 0.3 is 0 Å². The third-order valence-electron chi connectivity index (χ3n) is 4.56. The van der Waals surface area contributed by atoms with Gasteiger partial charge in [0, 0.05) is 5.41 Å². The largest absolute Gasteiger partial charge is 0.339 e. The highest BCUT2D eigenvalue weighted by Gasteiger charge is 2.45. The van der Waals surface area contributed by atoms with E-state index in [0.717, 1.165) is 31.0 Å². The Morgan fingerprint density at radius 2 is 1.88 bits per heavy atom. The summed E-state index contributed by atoms with van der Waals surface area (Å²) in [6.07, 6.45) is 7.90. The minimum Gasteiger partial charge on any atom is -0.339 e. The van der Waals surface area contributed by atoms with Crippen molar-refractivity contribution in [2.24, 2.45) is 5.73 Å². The summed E-state index contributed by atoms with van der Waals surface area (Å²) in [6, 6.07) is 0. The molecule has 2 N–H and O–H groups in total. The van der Waals surface area contributed by atoms with Gasteiger partial charge in [0.15, 0.2) is 5.82 Å². The lowest BCUT2D eigenvalue weighted by Gasteiger charge is -2.37. The normalized spacial score (nSPS) is 24.4. The summed E-state index contributed by atoms with van der Waals surface area (Å²) in [5, 5.41) is 4.09. The van der Waals surface area contributed by atoms with E-state index in [9.17, 15) is 0 Å². The maximum Gasteiger partial charge on any atom is 0.232 e. The molecule has 1 aromatic heterocycles. The van der Waals surface area contributed by atoms with Crippen molar-refractivity contribution in [1.29, 1.82) is 0 Å². The van der Waals surface area contributed by atoms with E-state index in [2.05, 4.69) is 17.1 Å². The van der Waals surface area contributed by atoms with Gasteiger partial charge in [-0.1, -0.05) is 18.5 Å². The topological polar surface area (TPSA) is 64.9 Å². The molecule has 2 aliphatic carbocycles. The van der Waals surface area contributed by atoms with Crippen molar-refractivity contribution in [3.05, 3.63) is 11.7 Å². The summed E-state index contributed by atoms with van der Waals surface area (Å²) in [4.78, 5) is 4.57. The molecule has 0 saturated heterocycles. The van der Waals surface area contributed by atoms with Crippen LogP contribution in [0.4, 0.5) is 0 Å². The van der Waals surface area contributed by atoms with Gasteiger partial charge in [0.2, 0.25) is 5.89 Å². The first-order valence-corrected chi connectivity index (χ1v) is 6.32. The molecule has 3 rings (SSSR count). The van der Waals surface area contributed by atoms with Crippen LogP contribution in [0.2, 0.25) is 0 Å². The molecule has 2 aliphatic rings. The molecule has 17 heavy (non-hydrogen) atoms. The van der Waals surface area contributed by atoms with E-state index >= 15 is 0 Å². The van der Waals surface area contributed by atoms with Gasteiger partial charge in [-0.2, -0.15) is 4.98 Å². The molecule has 2 fully saturated rings. The van der Waals surface area contributed by atoms with Crippen LogP contribution in [0, 0.1) is 0 Å². The molecular formula is C12H20ClN3O. The Morgan fingerprint density at radius 3 is 2.29 bits per heavy atom. The zero-order chi connectivity index (χ0) is 11.2. The maximum absolute atomic E-state index is 6.20. The van der Waals surface area contributed by atoms with E-state index in [1.54, 1.807) is 0 Å². The summed E-state index contributed by atoms with van der Waals surface area (Å²) in [6.45, 7) is 2.20. The minimum absolute atomic E-state index is 0. The molecule has 0 spiro atoms. The monoisotopic (exact) mass is 257 g/mol. The predicted molar refractivity (Wildman–Crippen MR) is 67.1 cm³/mol. The first-order valence-electron chi connectivity index (χ1n) is 6.32. The molecule has 0 aliphatic heterocycles. The molecule has 0 atom stereocenters. The second-order valence-corrected chi connectivity index (χ2v) is 5.42. The standard InChI is InChI=1S/C12H19N3O.ClH/c1-2-11(5-3-6-11)10-14-9(15-16-10)12(13)7-4-8-12;/h2-8,13H2,1H3;1H. The Hall–Kier alpha value is -0.610. The van der Waals surface area contributed by atoms with Crippen molar-refractivity contribution in [2.45, 2.75) is 62.8 Å². The Balaban J connectivity index is 0.00000108. The molecule has 1 heterocycles. The molecule has 4 nitrogen and oxygen atoms in total. The molecule has 0 bridgehead atoms. The minimum atomic E-state index is -0.291. The highest BCUT2D eigenvalue weighted by molar-refractivity contribution is 5.85. The molecule has 0 radical (unpaired) electrons. The van der Waals surface area contributed by atoms with Crippen molar-refractivity contribution in [2.75, 3.05) is 0 Å². The lowest BCUT2D eigenvalue weighted by atomic mass is 9.67. The number of rotatable bonds is 3. The molecule has 2 saturated carbocycles. The summed E-state index contributed by atoms with van der Waals surface area (Å²) in [5.41, 5.74) is 6.08. The van der Waals surface area contributed by atoms with Crippen LogP contribution in [0.1, 0.15) is 63.6 Å². The third-order valence-corrected chi connectivity index (χ3v) is 4.56. The van der Waals surface area contributed by atoms with Crippen LogP contribution in [0.15, 0.2) is 4.52 Å². The maximum atomic E-state index is 6.20. The number of nitrogens with zero attached hydrogens (tertiary/aromatic N) is 2. The first kappa shape index (κ1) is 12.8. The predicted octanol–water partition coefficient (Wildman–Crippen LogP) is 2.66. The third kappa shape index (κ3) is 1.78. The number of hydrogen-bond acceptors (Lipinski definition) is 4. The second-order valence-electron chi connectivity index (χ2n) is 5.42. The van der Waals surface area contributed by atoms with Crippen molar-refractivity contribution < 1.29 is 4.52 Å². The van der Waals surface area contributed by atoms with Crippen molar-refractivity contribution >= 4 is 12.4 Å². The average Bonchev–Trinajstić information content (AvgIpc) is 2.63. The highest BCUT2D eigenvalue weighted by Crippen LogP contribution is 2.46. The van der Waals surface area contributed by atoms with Crippen LogP contribution in [0.5, 0.6) is 0 Å². The number of halogens is 1. The van der Waals surface area contributed by atoms with E-state index in [-0.39, 0.29) is 23.4 Å². The fraction of sp³-hybridized carbons (Fsp3) is 0.833. The van der Waals surface area contributed by atoms with Gasteiger partial charge in [0.05, 0.1) is 5.54 Å². The van der Waals surface area contributed by atoms with E-state index in [1.165, 1.54) is 25.7 Å². The summed E-state index contributed by atoms with van der Waals surface area (Å²) >= 11 is 0. The smallest absolute Gasteiger partial charge is 0.232 e. The Labute approximate surface area is 108 Å². The van der Waals surface area contributed by atoms with Gasteiger partial charge in [0.25, 0.3) is 0 Å². The summed E-state index contributed by atoms with van der Waals surface area (Å²) < 4.78 is 5.44. The zero-order valence-electron chi connectivity index (χ0n) is 10.2.